The number of urea groups is 1. The molecule has 3 aromatic rings. The molecule has 0 unspecified atom stereocenters. The molecule has 4 rings (SSSR count). The molecule has 0 saturated heterocycles. The van der Waals surface area contributed by atoms with Crippen molar-refractivity contribution in [2.24, 2.45) is 11.7 Å². The van der Waals surface area contributed by atoms with Crippen molar-refractivity contribution in [1.29, 1.82) is 0 Å². The second-order valence-corrected chi connectivity index (χ2v) is 7.24. The number of benzene rings is 2. The molecule has 1 saturated carbocycles. The Hall–Kier alpha value is -3.07. The van der Waals surface area contributed by atoms with Crippen LogP contribution < -0.4 is 26.9 Å². The van der Waals surface area contributed by atoms with Crippen LogP contribution in [0.1, 0.15) is 29.9 Å². The molecule has 0 radical (unpaired) electrons. The quantitative estimate of drug-likeness (QED) is 0.327. The van der Waals surface area contributed by atoms with Gasteiger partial charge in [0.15, 0.2) is 0 Å². The van der Waals surface area contributed by atoms with Crippen LogP contribution in [0.5, 0.6) is 5.88 Å². The Labute approximate surface area is 172 Å². The molecule has 5 N–H and O–H groups in total. The van der Waals surface area contributed by atoms with Crippen LogP contribution in [0.3, 0.4) is 0 Å². The minimum Gasteiger partial charge on any atom is -0.472 e. The van der Waals surface area contributed by atoms with Crippen molar-refractivity contribution in [2.75, 3.05) is 5.01 Å². The average Bonchev–Trinajstić information content (AvgIpc) is 3.49. The third-order valence-electron chi connectivity index (χ3n) is 4.83. The van der Waals surface area contributed by atoms with E-state index in [0.29, 0.717) is 22.5 Å². The number of nitrogens with two attached hydrogens (primary N) is 2. The molecule has 0 aliphatic heterocycles. The smallest absolute Gasteiger partial charge is 0.350 e. The summed E-state index contributed by atoms with van der Waals surface area (Å²) >= 11 is 5.94. The maximum Gasteiger partial charge on any atom is 0.350 e. The van der Waals surface area contributed by atoms with Crippen molar-refractivity contribution in [3.05, 3.63) is 70.9 Å². The van der Waals surface area contributed by atoms with E-state index in [1.54, 1.807) is 28.9 Å². The molecule has 2 aromatic carbocycles. The predicted molar refractivity (Wildman–Crippen MR) is 111 cm³/mol. The van der Waals surface area contributed by atoms with Gasteiger partial charge in [-0.3, -0.25) is 5.43 Å². The summed E-state index contributed by atoms with van der Waals surface area (Å²) < 4.78 is 7.64. The van der Waals surface area contributed by atoms with E-state index in [1.807, 2.05) is 30.5 Å². The molecule has 1 aliphatic carbocycles. The predicted octanol–water partition coefficient (Wildman–Crippen LogP) is 3.25. The number of amides is 2. The topological polar surface area (TPSA) is 111 Å². The van der Waals surface area contributed by atoms with Crippen LogP contribution in [0, 0.1) is 0 Å². The summed E-state index contributed by atoms with van der Waals surface area (Å²) in [5, 5.41) is 6.11. The fourth-order valence-electron chi connectivity index (χ4n) is 3.20. The van der Waals surface area contributed by atoms with Crippen molar-refractivity contribution in [3.8, 4) is 11.6 Å². The van der Waals surface area contributed by atoms with Gasteiger partial charge in [0.1, 0.15) is 6.61 Å². The Kier molecular flexibility index (Phi) is 5.39. The largest absolute Gasteiger partial charge is 0.472 e. The summed E-state index contributed by atoms with van der Waals surface area (Å²) in [4.78, 5) is 11.9. The minimum atomic E-state index is -0.605. The number of ether oxygens (including phenoxy) is 1. The van der Waals surface area contributed by atoms with E-state index in [-0.39, 0.29) is 6.61 Å². The zero-order valence-corrected chi connectivity index (χ0v) is 16.3. The van der Waals surface area contributed by atoms with Crippen LogP contribution in [0.2, 0.25) is 5.02 Å². The first kappa shape index (κ1) is 19.3. The second-order valence-electron chi connectivity index (χ2n) is 6.80. The van der Waals surface area contributed by atoms with Gasteiger partial charge < -0.3 is 4.74 Å². The van der Waals surface area contributed by atoms with Gasteiger partial charge in [0.25, 0.3) is 0 Å². The third-order valence-corrected chi connectivity index (χ3v) is 5.08. The standard InChI is InChI=1S/C20H21ClN6O2/c21-14-6-8-15(9-7-14)26-11-10-19(25-26)29-12-17-16(13-4-5-13)2-1-3-18(17)27(23)20(28)24-22/h1-3,6-11,13H,4-5,12,22-23H2,(H,24,28). The summed E-state index contributed by atoms with van der Waals surface area (Å²) in [7, 11) is 0. The van der Waals surface area contributed by atoms with E-state index < -0.39 is 6.03 Å². The summed E-state index contributed by atoms with van der Waals surface area (Å²) in [5.74, 6) is 12.1. The van der Waals surface area contributed by atoms with Gasteiger partial charge in [-0.15, -0.1) is 5.10 Å². The number of anilines is 1. The molecule has 29 heavy (non-hydrogen) atoms. The fourth-order valence-corrected chi connectivity index (χ4v) is 3.32. The van der Waals surface area contributed by atoms with Gasteiger partial charge >= 0.3 is 6.03 Å². The zero-order valence-electron chi connectivity index (χ0n) is 15.6. The number of carbonyl (C=O) groups is 1. The molecule has 1 aromatic heterocycles. The second kappa shape index (κ2) is 8.12. The molecular weight excluding hydrogens is 392 g/mol. The van der Waals surface area contributed by atoms with Crippen LogP contribution in [0.15, 0.2) is 54.7 Å². The van der Waals surface area contributed by atoms with Crippen molar-refractivity contribution < 1.29 is 9.53 Å². The van der Waals surface area contributed by atoms with Gasteiger partial charge in [-0.2, -0.15) is 0 Å². The van der Waals surface area contributed by atoms with Crippen LogP contribution in [-0.4, -0.2) is 15.8 Å². The molecule has 1 heterocycles. The van der Waals surface area contributed by atoms with E-state index in [2.05, 4.69) is 10.5 Å². The Bertz CT molecular complexity index is 1020. The first-order chi connectivity index (χ1) is 14.1. The highest BCUT2D eigenvalue weighted by molar-refractivity contribution is 6.30. The highest BCUT2D eigenvalue weighted by Gasteiger charge is 2.29. The monoisotopic (exact) mass is 412 g/mol. The summed E-state index contributed by atoms with van der Waals surface area (Å²) in [6.45, 7) is 0.227. The highest BCUT2D eigenvalue weighted by atomic mass is 35.5. The molecule has 0 bridgehead atoms. The molecule has 0 spiro atoms. The van der Waals surface area contributed by atoms with Gasteiger partial charge in [0.2, 0.25) is 5.88 Å². The van der Waals surface area contributed by atoms with Gasteiger partial charge in [0.05, 0.1) is 11.4 Å². The number of hydrogen-bond acceptors (Lipinski definition) is 5. The summed E-state index contributed by atoms with van der Waals surface area (Å²) in [5.41, 5.74) is 5.45. The number of nitrogens with one attached hydrogen (secondary N) is 1. The number of rotatable bonds is 6. The average molecular weight is 413 g/mol. The van der Waals surface area contributed by atoms with Gasteiger partial charge in [-0.1, -0.05) is 23.7 Å². The SMILES string of the molecule is NNC(=O)N(N)c1cccc(C2CC2)c1COc1ccn(-c2ccc(Cl)cc2)n1. The molecule has 1 aliphatic rings. The molecule has 8 nitrogen and oxygen atoms in total. The lowest BCUT2D eigenvalue weighted by atomic mass is 10.0. The Morgan fingerprint density at radius 2 is 2.00 bits per heavy atom. The number of hydrogen-bond donors (Lipinski definition) is 3. The lowest BCUT2D eigenvalue weighted by Crippen LogP contribution is -2.48. The van der Waals surface area contributed by atoms with E-state index in [0.717, 1.165) is 34.7 Å². The van der Waals surface area contributed by atoms with E-state index in [4.69, 9.17) is 28.0 Å². The Balaban J connectivity index is 1.56. The van der Waals surface area contributed by atoms with Crippen LogP contribution in [-0.2, 0) is 6.61 Å². The number of halogens is 1. The van der Waals surface area contributed by atoms with E-state index in [9.17, 15) is 4.79 Å². The molecule has 2 amide bonds. The number of nitrogens with zero attached hydrogens (tertiary/aromatic N) is 3. The molecular formula is C20H21ClN6O2. The maximum atomic E-state index is 11.9. The zero-order chi connectivity index (χ0) is 20.4. The van der Waals surface area contributed by atoms with Crippen molar-refractivity contribution >= 4 is 23.3 Å². The van der Waals surface area contributed by atoms with Gasteiger partial charge in [0, 0.05) is 22.8 Å². The minimum absolute atomic E-state index is 0.227. The van der Waals surface area contributed by atoms with Crippen LogP contribution in [0.4, 0.5) is 10.5 Å². The third kappa shape index (κ3) is 4.19. The first-order valence-corrected chi connectivity index (χ1v) is 9.56. The Morgan fingerprint density at radius 1 is 1.24 bits per heavy atom. The highest BCUT2D eigenvalue weighted by Crippen LogP contribution is 2.43. The van der Waals surface area contributed by atoms with Crippen LogP contribution in [0.25, 0.3) is 5.69 Å². The van der Waals surface area contributed by atoms with Gasteiger partial charge in [-0.25, -0.2) is 26.2 Å². The fraction of sp³-hybridized carbons (Fsp3) is 0.200. The number of hydrazine groups is 2. The molecule has 150 valence electrons. The summed E-state index contributed by atoms with van der Waals surface area (Å²) in [6.07, 6.45) is 4.02. The van der Waals surface area contributed by atoms with Crippen LogP contribution >= 0.6 is 11.6 Å². The molecule has 1 fully saturated rings. The maximum absolute atomic E-state index is 11.9. The molecule has 9 heteroatoms. The number of aromatic nitrogens is 2. The first-order valence-electron chi connectivity index (χ1n) is 9.18. The normalized spacial score (nSPS) is 13.2. The van der Waals surface area contributed by atoms with E-state index in [1.165, 1.54) is 0 Å². The Morgan fingerprint density at radius 3 is 2.69 bits per heavy atom. The molecule has 0 atom stereocenters. The van der Waals surface area contributed by atoms with Gasteiger partial charge in [-0.05, 0) is 54.7 Å². The summed E-state index contributed by atoms with van der Waals surface area (Å²) in [6, 6.07) is 14.2. The van der Waals surface area contributed by atoms with Crippen molar-refractivity contribution in [2.45, 2.75) is 25.4 Å². The van der Waals surface area contributed by atoms with Crippen molar-refractivity contribution in [1.82, 2.24) is 15.2 Å². The lowest BCUT2D eigenvalue weighted by Gasteiger charge is -2.21. The number of carbonyl (C=O) groups excluding carboxylic acids is 1. The lowest BCUT2D eigenvalue weighted by molar-refractivity contribution is 0.246. The van der Waals surface area contributed by atoms with Crippen molar-refractivity contribution in [3.63, 3.8) is 0 Å². The van der Waals surface area contributed by atoms with E-state index >= 15 is 0 Å².